The molecule has 1 aliphatic rings. The van der Waals surface area contributed by atoms with Crippen molar-refractivity contribution in [1.29, 1.82) is 0 Å². The summed E-state index contributed by atoms with van der Waals surface area (Å²) >= 11 is 1.84. The van der Waals surface area contributed by atoms with Crippen LogP contribution in [0.2, 0.25) is 0 Å². The zero-order chi connectivity index (χ0) is 15.6. The molecule has 0 bridgehead atoms. The van der Waals surface area contributed by atoms with Gasteiger partial charge in [-0.3, -0.25) is 4.99 Å². The minimum atomic E-state index is -0.617. The number of hydrogen-bond donors (Lipinski definition) is 3. The number of nitrogens with one attached hydrogen (secondary N) is 2. The van der Waals surface area contributed by atoms with E-state index in [0.717, 1.165) is 57.3 Å². The Hall–Kier alpha value is -0.460. The summed E-state index contributed by atoms with van der Waals surface area (Å²) in [5.41, 5.74) is -0.617. The van der Waals surface area contributed by atoms with Gasteiger partial charge in [0.2, 0.25) is 0 Å². The maximum Gasteiger partial charge on any atom is 0.191 e. The first kappa shape index (κ1) is 18.6. The molecule has 0 aromatic heterocycles. The molecule has 0 spiro atoms. The third-order valence-corrected chi connectivity index (χ3v) is 5.03. The average Bonchev–Trinajstić information content (AvgIpc) is 2.48. The highest BCUT2D eigenvalue weighted by molar-refractivity contribution is 8.00. The highest BCUT2D eigenvalue weighted by Crippen LogP contribution is 2.41. The fourth-order valence-electron chi connectivity index (χ4n) is 2.30. The number of aliphatic imine (C=N–C) groups is 1. The van der Waals surface area contributed by atoms with Crippen LogP contribution in [0.4, 0.5) is 0 Å². The highest BCUT2D eigenvalue weighted by atomic mass is 32.2. The molecule has 0 aromatic carbocycles. The van der Waals surface area contributed by atoms with Gasteiger partial charge in [-0.1, -0.05) is 6.92 Å². The van der Waals surface area contributed by atoms with E-state index < -0.39 is 5.60 Å². The summed E-state index contributed by atoms with van der Waals surface area (Å²) in [6, 6.07) is 0. The molecule has 5 nitrogen and oxygen atoms in total. The number of guanidine groups is 1. The number of thioether (sulfide) groups is 1. The number of hydrogen-bond acceptors (Lipinski definition) is 4. The van der Waals surface area contributed by atoms with Crippen LogP contribution in [-0.2, 0) is 4.74 Å². The Morgan fingerprint density at radius 3 is 2.76 bits per heavy atom. The van der Waals surface area contributed by atoms with Crippen LogP contribution in [0.3, 0.4) is 0 Å². The summed E-state index contributed by atoms with van der Waals surface area (Å²) < 4.78 is 5.31. The number of rotatable bonds is 10. The molecular weight excluding hydrogens is 286 g/mol. The number of aliphatic hydroxyl groups is 1. The first-order valence-electron chi connectivity index (χ1n) is 8.10. The van der Waals surface area contributed by atoms with Gasteiger partial charge in [0.25, 0.3) is 0 Å². The van der Waals surface area contributed by atoms with Crippen molar-refractivity contribution in [1.82, 2.24) is 10.6 Å². The van der Waals surface area contributed by atoms with E-state index in [1.807, 2.05) is 25.6 Å². The van der Waals surface area contributed by atoms with E-state index in [0.29, 0.717) is 11.8 Å². The van der Waals surface area contributed by atoms with Crippen molar-refractivity contribution in [2.45, 2.75) is 50.9 Å². The molecule has 3 N–H and O–H groups in total. The molecule has 6 heteroatoms. The molecule has 2 unspecified atom stereocenters. The van der Waals surface area contributed by atoms with E-state index >= 15 is 0 Å². The molecule has 1 saturated carbocycles. The lowest BCUT2D eigenvalue weighted by Gasteiger charge is -2.44. The second-order valence-corrected chi connectivity index (χ2v) is 6.74. The first-order valence-corrected chi connectivity index (χ1v) is 9.15. The largest absolute Gasteiger partial charge is 0.387 e. The SMILES string of the molecule is CCNC(=NCC1(O)CCC1SCC)NCCCOCC. The third-order valence-electron chi connectivity index (χ3n) is 3.62. The van der Waals surface area contributed by atoms with E-state index in [1.165, 1.54) is 0 Å². The van der Waals surface area contributed by atoms with E-state index in [2.05, 4.69) is 22.5 Å². The molecule has 0 aliphatic heterocycles. The van der Waals surface area contributed by atoms with Gasteiger partial charge in [0.15, 0.2) is 5.96 Å². The Morgan fingerprint density at radius 1 is 1.38 bits per heavy atom. The molecule has 0 saturated heterocycles. The first-order chi connectivity index (χ1) is 10.2. The summed E-state index contributed by atoms with van der Waals surface area (Å²) in [6.45, 7) is 9.84. The second kappa shape index (κ2) is 10.3. The third kappa shape index (κ3) is 6.45. The monoisotopic (exact) mass is 317 g/mol. The molecule has 2 atom stereocenters. The van der Waals surface area contributed by atoms with Crippen LogP contribution < -0.4 is 10.6 Å². The minimum Gasteiger partial charge on any atom is -0.387 e. The van der Waals surface area contributed by atoms with Crippen molar-refractivity contribution < 1.29 is 9.84 Å². The quantitative estimate of drug-likeness (QED) is 0.325. The normalized spacial score (nSPS) is 25.5. The molecule has 0 aromatic rings. The van der Waals surface area contributed by atoms with Crippen molar-refractivity contribution in [3.05, 3.63) is 0 Å². The van der Waals surface area contributed by atoms with Gasteiger partial charge in [0, 0.05) is 31.6 Å². The minimum absolute atomic E-state index is 0.340. The molecule has 21 heavy (non-hydrogen) atoms. The second-order valence-electron chi connectivity index (χ2n) is 5.26. The number of nitrogens with zero attached hydrogens (tertiary/aromatic N) is 1. The Labute approximate surface area is 133 Å². The molecule has 0 heterocycles. The van der Waals surface area contributed by atoms with Crippen molar-refractivity contribution in [2.24, 2.45) is 4.99 Å². The fourth-order valence-corrected chi connectivity index (χ4v) is 3.49. The summed E-state index contributed by atoms with van der Waals surface area (Å²) in [6.07, 6.45) is 2.91. The molecule has 0 amide bonds. The van der Waals surface area contributed by atoms with Gasteiger partial charge in [0.1, 0.15) is 0 Å². The van der Waals surface area contributed by atoms with Gasteiger partial charge >= 0.3 is 0 Å². The highest BCUT2D eigenvalue weighted by Gasteiger charge is 2.45. The van der Waals surface area contributed by atoms with E-state index in [1.54, 1.807) is 0 Å². The molecule has 1 rings (SSSR count). The van der Waals surface area contributed by atoms with Gasteiger partial charge in [-0.05, 0) is 38.9 Å². The van der Waals surface area contributed by atoms with Crippen molar-refractivity contribution >= 4 is 17.7 Å². The zero-order valence-corrected chi connectivity index (χ0v) is 14.5. The van der Waals surface area contributed by atoms with E-state index in [-0.39, 0.29) is 0 Å². The van der Waals surface area contributed by atoms with Crippen LogP contribution in [0.1, 0.15) is 40.0 Å². The summed E-state index contributed by atoms with van der Waals surface area (Å²) in [5, 5.41) is 17.4. The Bertz CT molecular complexity index is 315. The van der Waals surface area contributed by atoms with Crippen LogP contribution in [0.5, 0.6) is 0 Å². The summed E-state index contributed by atoms with van der Waals surface area (Å²) in [4.78, 5) is 4.55. The van der Waals surface area contributed by atoms with Gasteiger partial charge < -0.3 is 20.5 Å². The predicted molar refractivity (Wildman–Crippen MR) is 91.2 cm³/mol. The van der Waals surface area contributed by atoms with Crippen LogP contribution in [0.15, 0.2) is 4.99 Å². The maximum atomic E-state index is 10.6. The Morgan fingerprint density at radius 2 is 2.19 bits per heavy atom. The Balaban J connectivity index is 2.36. The van der Waals surface area contributed by atoms with Gasteiger partial charge in [-0.25, -0.2) is 0 Å². The van der Waals surface area contributed by atoms with Crippen LogP contribution in [0.25, 0.3) is 0 Å². The lowest BCUT2D eigenvalue weighted by Crippen LogP contribution is -2.53. The van der Waals surface area contributed by atoms with E-state index in [4.69, 9.17) is 4.74 Å². The van der Waals surface area contributed by atoms with Crippen molar-refractivity contribution in [2.75, 3.05) is 38.6 Å². The lowest BCUT2D eigenvalue weighted by molar-refractivity contribution is -0.0154. The molecular formula is C15H31N3O2S. The Kier molecular flexibility index (Phi) is 9.11. The van der Waals surface area contributed by atoms with Crippen LogP contribution in [-0.4, -0.2) is 60.5 Å². The lowest BCUT2D eigenvalue weighted by atomic mass is 9.79. The average molecular weight is 317 g/mol. The topological polar surface area (TPSA) is 65.9 Å². The maximum absolute atomic E-state index is 10.6. The zero-order valence-electron chi connectivity index (χ0n) is 13.7. The van der Waals surface area contributed by atoms with Gasteiger partial charge in [-0.15, -0.1) is 0 Å². The standard InChI is InChI=1S/C15H31N3O2S/c1-4-16-14(17-10-7-11-20-5-2)18-12-15(19)9-8-13(15)21-6-3/h13,19H,4-12H2,1-3H3,(H2,16,17,18). The van der Waals surface area contributed by atoms with E-state index in [9.17, 15) is 5.11 Å². The number of ether oxygens (including phenoxy) is 1. The van der Waals surface area contributed by atoms with Crippen molar-refractivity contribution in [3.8, 4) is 0 Å². The van der Waals surface area contributed by atoms with Crippen LogP contribution in [0, 0.1) is 0 Å². The predicted octanol–water partition coefficient (Wildman–Crippen LogP) is 1.61. The fraction of sp³-hybridized carbons (Fsp3) is 0.933. The molecule has 1 aliphatic carbocycles. The summed E-state index contributed by atoms with van der Waals surface area (Å²) in [7, 11) is 0. The molecule has 1 fully saturated rings. The van der Waals surface area contributed by atoms with Gasteiger partial charge in [-0.2, -0.15) is 11.8 Å². The molecule has 0 radical (unpaired) electrons. The summed E-state index contributed by atoms with van der Waals surface area (Å²) in [5.74, 6) is 1.83. The van der Waals surface area contributed by atoms with Crippen LogP contribution >= 0.6 is 11.8 Å². The molecule has 124 valence electrons. The smallest absolute Gasteiger partial charge is 0.191 e. The van der Waals surface area contributed by atoms with Crippen molar-refractivity contribution in [3.63, 3.8) is 0 Å². The van der Waals surface area contributed by atoms with Gasteiger partial charge in [0.05, 0.1) is 12.1 Å².